The van der Waals surface area contributed by atoms with Crippen molar-refractivity contribution in [1.82, 2.24) is 15.5 Å². The molecule has 0 aliphatic carbocycles. The van der Waals surface area contributed by atoms with Crippen molar-refractivity contribution in [3.05, 3.63) is 22.4 Å². The van der Waals surface area contributed by atoms with Crippen LogP contribution in [0.15, 0.2) is 22.5 Å². The largest absolute Gasteiger partial charge is 0.373 e. The molecule has 2 unspecified atom stereocenters. The van der Waals surface area contributed by atoms with Crippen LogP contribution in [0.25, 0.3) is 0 Å². The van der Waals surface area contributed by atoms with Gasteiger partial charge in [-0.3, -0.25) is 9.89 Å². The van der Waals surface area contributed by atoms with Crippen molar-refractivity contribution in [2.45, 2.75) is 51.2 Å². The van der Waals surface area contributed by atoms with Gasteiger partial charge >= 0.3 is 0 Å². The molecule has 148 valence electrons. The van der Waals surface area contributed by atoms with Crippen molar-refractivity contribution in [3.63, 3.8) is 0 Å². The molecule has 0 aromatic carbocycles. The van der Waals surface area contributed by atoms with Crippen LogP contribution < -0.4 is 10.6 Å². The highest BCUT2D eigenvalue weighted by atomic mass is 127. The lowest BCUT2D eigenvalue weighted by molar-refractivity contribution is -0.0453. The van der Waals surface area contributed by atoms with E-state index in [2.05, 4.69) is 53.8 Å². The zero-order chi connectivity index (χ0) is 17.7. The number of ether oxygens (including phenoxy) is 1. The van der Waals surface area contributed by atoms with Gasteiger partial charge in [0.05, 0.1) is 19.3 Å². The van der Waals surface area contributed by atoms with E-state index >= 15 is 0 Å². The first kappa shape index (κ1) is 21.9. The Balaban J connectivity index is 0.00000243. The number of hydrogen-bond acceptors (Lipinski definition) is 4. The molecule has 3 heterocycles. The molecule has 7 heteroatoms. The van der Waals surface area contributed by atoms with Crippen molar-refractivity contribution < 1.29 is 4.74 Å². The van der Waals surface area contributed by atoms with Crippen LogP contribution in [0.2, 0.25) is 0 Å². The molecule has 0 radical (unpaired) electrons. The van der Waals surface area contributed by atoms with Crippen molar-refractivity contribution in [2.24, 2.45) is 4.99 Å². The number of nitrogens with zero attached hydrogens (tertiary/aromatic N) is 2. The average Bonchev–Trinajstić information content (AvgIpc) is 3.28. The first-order chi connectivity index (χ1) is 12.1. The standard InChI is InChI=1S/C19H32N4OS.HI/c1-4-20-18(22-14-19(2,3)17-8-6-10-25-17)21-11-16-12-23-9-5-7-15(23)13-24-16;/h6,8,10,15-16H,4-5,7,9,11-14H2,1-3H3,(H2,20,21,22);1H. The van der Waals surface area contributed by atoms with E-state index in [0.717, 1.165) is 38.7 Å². The Bertz CT molecular complexity index is 564. The second-order valence-corrected chi connectivity index (χ2v) is 8.63. The molecular formula is C19H33IN4OS. The van der Waals surface area contributed by atoms with Gasteiger partial charge < -0.3 is 15.4 Å². The number of guanidine groups is 1. The van der Waals surface area contributed by atoms with Crippen LogP contribution in [-0.2, 0) is 10.2 Å². The summed E-state index contributed by atoms with van der Waals surface area (Å²) in [4.78, 5) is 8.78. The molecule has 5 nitrogen and oxygen atoms in total. The Morgan fingerprint density at radius 2 is 2.27 bits per heavy atom. The SMILES string of the molecule is CCNC(=NCC(C)(C)c1cccs1)NCC1CN2CCCC2CO1.I. The zero-order valence-corrected chi connectivity index (χ0v) is 19.3. The number of fused-ring (bicyclic) bond motifs is 1. The minimum Gasteiger partial charge on any atom is -0.373 e. The van der Waals surface area contributed by atoms with E-state index < -0.39 is 0 Å². The topological polar surface area (TPSA) is 48.9 Å². The summed E-state index contributed by atoms with van der Waals surface area (Å²) < 4.78 is 6.04. The van der Waals surface area contributed by atoms with Crippen molar-refractivity contribution >= 4 is 41.3 Å². The monoisotopic (exact) mass is 492 g/mol. The van der Waals surface area contributed by atoms with E-state index in [1.807, 2.05) is 0 Å². The van der Waals surface area contributed by atoms with Crippen LogP contribution in [0.5, 0.6) is 0 Å². The number of hydrogen-bond donors (Lipinski definition) is 2. The Kier molecular flexibility index (Phi) is 8.63. The van der Waals surface area contributed by atoms with Crippen LogP contribution in [0.4, 0.5) is 0 Å². The van der Waals surface area contributed by atoms with Gasteiger partial charge in [0.1, 0.15) is 0 Å². The third kappa shape index (κ3) is 5.81. The number of rotatable bonds is 6. The van der Waals surface area contributed by atoms with Gasteiger partial charge in [0.2, 0.25) is 0 Å². The van der Waals surface area contributed by atoms with E-state index in [4.69, 9.17) is 9.73 Å². The predicted octanol–water partition coefficient (Wildman–Crippen LogP) is 3.06. The number of nitrogens with one attached hydrogen (secondary N) is 2. The van der Waals surface area contributed by atoms with Crippen LogP contribution >= 0.6 is 35.3 Å². The van der Waals surface area contributed by atoms with Crippen molar-refractivity contribution in [3.8, 4) is 0 Å². The molecule has 0 saturated carbocycles. The molecule has 1 aromatic heterocycles. The number of halogens is 1. The van der Waals surface area contributed by atoms with Gasteiger partial charge in [-0.05, 0) is 37.8 Å². The fourth-order valence-electron chi connectivity index (χ4n) is 3.58. The molecule has 26 heavy (non-hydrogen) atoms. The Labute approximate surface area is 179 Å². The molecule has 2 N–H and O–H groups in total. The van der Waals surface area contributed by atoms with Crippen molar-refractivity contribution in [2.75, 3.05) is 39.3 Å². The van der Waals surface area contributed by atoms with E-state index in [0.29, 0.717) is 6.04 Å². The van der Waals surface area contributed by atoms with Crippen LogP contribution in [0, 0.1) is 0 Å². The highest BCUT2D eigenvalue weighted by Gasteiger charge is 2.32. The van der Waals surface area contributed by atoms with Crippen LogP contribution in [0.1, 0.15) is 38.5 Å². The first-order valence-corrected chi connectivity index (χ1v) is 10.4. The maximum atomic E-state index is 6.04. The van der Waals surface area contributed by atoms with E-state index in [1.54, 1.807) is 11.3 Å². The molecule has 2 aliphatic rings. The minimum absolute atomic E-state index is 0. The Hall–Kier alpha value is -0.380. The molecule has 2 saturated heterocycles. The highest BCUT2D eigenvalue weighted by Crippen LogP contribution is 2.27. The molecule has 0 bridgehead atoms. The number of thiophene rings is 1. The smallest absolute Gasteiger partial charge is 0.191 e. The van der Waals surface area contributed by atoms with Gasteiger partial charge in [-0.15, -0.1) is 35.3 Å². The van der Waals surface area contributed by atoms with Crippen LogP contribution in [-0.4, -0.2) is 62.3 Å². The maximum Gasteiger partial charge on any atom is 0.191 e. The van der Waals surface area contributed by atoms with Crippen LogP contribution in [0.3, 0.4) is 0 Å². The highest BCUT2D eigenvalue weighted by molar-refractivity contribution is 14.0. The molecule has 2 aliphatic heterocycles. The van der Waals surface area contributed by atoms with Crippen molar-refractivity contribution in [1.29, 1.82) is 0 Å². The lowest BCUT2D eigenvalue weighted by Crippen LogP contribution is -2.51. The van der Waals surface area contributed by atoms with Gasteiger partial charge in [-0.2, -0.15) is 0 Å². The molecule has 2 atom stereocenters. The first-order valence-electron chi connectivity index (χ1n) is 9.50. The van der Waals surface area contributed by atoms with E-state index in [9.17, 15) is 0 Å². The molecular weight excluding hydrogens is 459 g/mol. The summed E-state index contributed by atoms with van der Waals surface area (Å²) in [7, 11) is 0. The van der Waals surface area contributed by atoms with Gasteiger partial charge in [0.25, 0.3) is 0 Å². The lowest BCUT2D eigenvalue weighted by Gasteiger charge is -2.35. The average molecular weight is 492 g/mol. The summed E-state index contributed by atoms with van der Waals surface area (Å²) >= 11 is 1.80. The Morgan fingerprint density at radius 3 is 3.00 bits per heavy atom. The molecule has 2 fully saturated rings. The Morgan fingerprint density at radius 1 is 1.42 bits per heavy atom. The van der Waals surface area contributed by atoms with Gasteiger partial charge in [-0.1, -0.05) is 19.9 Å². The summed E-state index contributed by atoms with van der Waals surface area (Å²) in [6, 6.07) is 4.97. The molecule has 1 aromatic rings. The zero-order valence-electron chi connectivity index (χ0n) is 16.2. The summed E-state index contributed by atoms with van der Waals surface area (Å²) in [5.74, 6) is 0.888. The second kappa shape index (κ2) is 10.2. The second-order valence-electron chi connectivity index (χ2n) is 7.68. The number of morpholine rings is 1. The van der Waals surface area contributed by atoms with Gasteiger partial charge in [0, 0.05) is 36.0 Å². The maximum absolute atomic E-state index is 6.04. The lowest BCUT2D eigenvalue weighted by atomic mass is 9.92. The molecule has 0 spiro atoms. The number of aliphatic imine (C=N–C) groups is 1. The molecule has 3 rings (SSSR count). The molecule has 0 amide bonds. The minimum atomic E-state index is 0. The predicted molar refractivity (Wildman–Crippen MR) is 121 cm³/mol. The summed E-state index contributed by atoms with van der Waals surface area (Å²) in [5.41, 5.74) is 0.0562. The van der Waals surface area contributed by atoms with E-state index in [-0.39, 0.29) is 35.5 Å². The van der Waals surface area contributed by atoms with E-state index in [1.165, 1.54) is 24.3 Å². The summed E-state index contributed by atoms with van der Waals surface area (Å²) in [6.45, 7) is 12.2. The fourth-order valence-corrected chi connectivity index (χ4v) is 4.42. The van der Waals surface area contributed by atoms with Gasteiger partial charge in [0.15, 0.2) is 5.96 Å². The normalized spacial score (nSPS) is 24.0. The quantitative estimate of drug-likeness (QED) is 0.364. The third-order valence-corrected chi connectivity index (χ3v) is 6.36. The summed E-state index contributed by atoms with van der Waals surface area (Å²) in [5, 5.41) is 8.97. The van der Waals surface area contributed by atoms with Gasteiger partial charge in [-0.25, -0.2) is 0 Å². The fraction of sp³-hybridized carbons (Fsp3) is 0.737. The summed E-state index contributed by atoms with van der Waals surface area (Å²) in [6.07, 6.45) is 2.86. The third-order valence-electron chi connectivity index (χ3n) is 5.12.